The quantitative estimate of drug-likeness (QED) is 0.534. The van der Waals surface area contributed by atoms with Gasteiger partial charge in [0.25, 0.3) is 0 Å². The van der Waals surface area contributed by atoms with Crippen LogP contribution in [0.2, 0.25) is 0 Å². The van der Waals surface area contributed by atoms with Crippen molar-refractivity contribution in [3.63, 3.8) is 0 Å². The van der Waals surface area contributed by atoms with Gasteiger partial charge >= 0.3 is 0 Å². The van der Waals surface area contributed by atoms with Gasteiger partial charge in [0, 0.05) is 7.05 Å². The summed E-state index contributed by atoms with van der Waals surface area (Å²) in [6, 6.07) is 0. The van der Waals surface area contributed by atoms with Gasteiger partial charge in [-0.2, -0.15) is 0 Å². The van der Waals surface area contributed by atoms with Gasteiger partial charge < -0.3 is 25.4 Å². The van der Waals surface area contributed by atoms with Gasteiger partial charge in [-0.15, -0.1) is 0 Å². The van der Waals surface area contributed by atoms with Crippen molar-refractivity contribution >= 4 is 17.0 Å². The maximum atomic E-state index is 10.0. The fourth-order valence-corrected chi connectivity index (χ4v) is 2.33. The highest BCUT2D eigenvalue weighted by atomic mass is 16.6. The monoisotopic (exact) mass is 281 g/mol. The molecular weight excluding hydrogens is 266 g/mol. The lowest BCUT2D eigenvalue weighted by Gasteiger charge is -2.16. The molecule has 1 saturated heterocycles. The lowest BCUT2D eigenvalue weighted by molar-refractivity contribution is -0.0511. The van der Waals surface area contributed by atoms with Crippen LogP contribution in [0.15, 0.2) is 12.7 Å². The van der Waals surface area contributed by atoms with E-state index in [0.29, 0.717) is 17.0 Å². The first-order valence-corrected chi connectivity index (χ1v) is 6.15. The SMILES string of the molecule is CNc1ncnc2c1ncn2[C@H]1O[C@@H](CO)[C@@H](O)[C@H]1O. The molecule has 3 heterocycles. The molecule has 20 heavy (non-hydrogen) atoms. The van der Waals surface area contributed by atoms with E-state index in [1.54, 1.807) is 7.05 Å². The van der Waals surface area contributed by atoms with Gasteiger partial charge in [0.05, 0.1) is 12.9 Å². The Kier molecular flexibility index (Phi) is 3.26. The van der Waals surface area contributed by atoms with Gasteiger partial charge in [0.15, 0.2) is 17.7 Å². The number of hydrogen-bond acceptors (Lipinski definition) is 8. The van der Waals surface area contributed by atoms with Crippen LogP contribution in [0.1, 0.15) is 6.23 Å². The Balaban J connectivity index is 2.03. The molecule has 108 valence electrons. The molecule has 0 saturated carbocycles. The Morgan fingerprint density at radius 1 is 1.30 bits per heavy atom. The minimum absolute atomic E-state index is 0.377. The summed E-state index contributed by atoms with van der Waals surface area (Å²) >= 11 is 0. The molecule has 1 aliphatic heterocycles. The van der Waals surface area contributed by atoms with Crippen molar-refractivity contribution < 1.29 is 20.1 Å². The topological polar surface area (TPSA) is 126 Å². The van der Waals surface area contributed by atoms with Gasteiger partial charge in [-0.1, -0.05) is 0 Å². The number of ether oxygens (including phenoxy) is 1. The lowest BCUT2D eigenvalue weighted by atomic mass is 10.1. The van der Waals surface area contributed by atoms with E-state index in [2.05, 4.69) is 20.3 Å². The molecule has 9 nitrogen and oxygen atoms in total. The van der Waals surface area contributed by atoms with Gasteiger partial charge in [0.1, 0.15) is 30.2 Å². The van der Waals surface area contributed by atoms with E-state index in [4.69, 9.17) is 9.84 Å². The average molecular weight is 281 g/mol. The predicted molar refractivity (Wildman–Crippen MR) is 67.9 cm³/mol. The number of anilines is 1. The minimum atomic E-state index is -1.17. The van der Waals surface area contributed by atoms with E-state index in [1.165, 1.54) is 17.2 Å². The van der Waals surface area contributed by atoms with E-state index in [-0.39, 0.29) is 6.61 Å². The number of aromatic nitrogens is 4. The number of fused-ring (bicyclic) bond motifs is 1. The van der Waals surface area contributed by atoms with Crippen molar-refractivity contribution in [3.05, 3.63) is 12.7 Å². The molecule has 0 aliphatic carbocycles. The number of imidazole rings is 1. The maximum Gasteiger partial charge on any atom is 0.167 e. The molecule has 4 atom stereocenters. The van der Waals surface area contributed by atoms with Crippen molar-refractivity contribution in [2.45, 2.75) is 24.5 Å². The zero-order valence-electron chi connectivity index (χ0n) is 10.7. The third-order valence-corrected chi connectivity index (χ3v) is 3.39. The Labute approximate surface area is 113 Å². The standard InChI is InChI=1S/C11H15N5O4/c1-12-9-6-10(14-3-13-9)16(4-15-6)11-8(19)7(18)5(2-17)20-11/h3-5,7-8,11,17-19H,2H2,1H3,(H,12,13,14)/t5-,7+,8+,11-/m0/s1. The smallest absolute Gasteiger partial charge is 0.167 e. The summed E-state index contributed by atoms with van der Waals surface area (Å²) in [5.41, 5.74) is 1.01. The molecular formula is C11H15N5O4. The highest BCUT2D eigenvalue weighted by molar-refractivity contribution is 5.82. The normalized spacial score (nSPS) is 30.0. The highest BCUT2D eigenvalue weighted by Gasteiger charge is 2.43. The van der Waals surface area contributed by atoms with Crippen LogP contribution < -0.4 is 5.32 Å². The van der Waals surface area contributed by atoms with Gasteiger partial charge in [0.2, 0.25) is 0 Å². The van der Waals surface area contributed by atoms with Crippen LogP contribution in [0.5, 0.6) is 0 Å². The summed E-state index contributed by atoms with van der Waals surface area (Å²) in [5.74, 6) is 0.556. The molecule has 4 N–H and O–H groups in total. The number of aliphatic hydroxyl groups is 3. The Morgan fingerprint density at radius 3 is 2.75 bits per heavy atom. The minimum Gasteiger partial charge on any atom is -0.394 e. The van der Waals surface area contributed by atoms with Crippen LogP contribution in [0.25, 0.3) is 11.2 Å². The Hall–Kier alpha value is -1.81. The number of hydrogen-bond donors (Lipinski definition) is 4. The van der Waals surface area contributed by atoms with Crippen molar-refractivity contribution in [2.24, 2.45) is 0 Å². The van der Waals surface area contributed by atoms with Crippen molar-refractivity contribution in [1.82, 2.24) is 19.5 Å². The number of nitrogens with zero attached hydrogens (tertiary/aromatic N) is 4. The fraction of sp³-hybridized carbons (Fsp3) is 0.545. The van der Waals surface area contributed by atoms with Crippen molar-refractivity contribution in [1.29, 1.82) is 0 Å². The van der Waals surface area contributed by atoms with Crippen LogP contribution in [-0.2, 0) is 4.74 Å². The zero-order chi connectivity index (χ0) is 14.3. The summed E-state index contributed by atoms with van der Waals surface area (Å²) in [6.07, 6.45) is -1.19. The molecule has 0 aromatic carbocycles. The number of nitrogens with one attached hydrogen (secondary N) is 1. The number of rotatable bonds is 3. The maximum absolute atomic E-state index is 10.0. The zero-order valence-corrected chi connectivity index (χ0v) is 10.7. The van der Waals surface area contributed by atoms with Crippen LogP contribution in [0, 0.1) is 0 Å². The summed E-state index contributed by atoms with van der Waals surface area (Å²) in [6.45, 7) is -0.377. The van der Waals surface area contributed by atoms with Gasteiger partial charge in [-0.3, -0.25) is 4.57 Å². The predicted octanol–water partition coefficient (Wildman–Crippen LogP) is -1.52. The molecule has 2 aromatic rings. The summed E-state index contributed by atoms with van der Waals surface area (Å²) in [4.78, 5) is 12.3. The average Bonchev–Trinajstić information content (AvgIpc) is 3.01. The lowest BCUT2D eigenvalue weighted by Crippen LogP contribution is -2.33. The highest BCUT2D eigenvalue weighted by Crippen LogP contribution is 2.31. The largest absolute Gasteiger partial charge is 0.394 e. The van der Waals surface area contributed by atoms with Crippen molar-refractivity contribution in [2.75, 3.05) is 19.0 Å². The summed E-state index contributed by atoms with van der Waals surface area (Å²) < 4.78 is 6.97. The second kappa shape index (κ2) is 4.94. The Morgan fingerprint density at radius 2 is 2.10 bits per heavy atom. The molecule has 0 bridgehead atoms. The first-order chi connectivity index (χ1) is 9.67. The molecule has 1 fully saturated rings. The van der Waals surface area contributed by atoms with Crippen LogP contribution >= 0.6 is 0 Å². The molecule has 0 unspecified atom stereocenters. The molecule has 1 aliphatic rings. The molecule has 9 heteroatoms. The van der Waals surface area contributed by atoms with Gasteiger partial charge in [-0.05, 0) is 0 Å². The first kappa shape index (κ1) is 13.2. The second-order valence-corrected chi connectivity index (χ2v) is 4.53. The molecule has 3 rings (SSSR count). The summed E-state index contributed by atoms with van der Waals surface area (Å²) in [7, 11) is 1.72. The van der Waals surface area contributed by atoms with Gasteiger partial charge in [-0.25, -0.2) is 15.0 Å². The van der Waals surface area contributed by atoms with E-state index in [0.717, 1.165) is 0 Å². The fourth-order valence-electron chi connectivity index (χ4n) is 2.33. The van der Waals surface area contributed by atoms with E-state index in [1.807, 2.05) is 0 Å². The molecule has 0 amide bonds. The van der Waals surface area contributed by atoms with E-state index in [9.17, 15) is 10.2 Å². The van der Waals surface area contributed by atoms with E-state index >= 15 is 0 Å². The van der Waals surface area contributed by atoms with Crippen molar-refractivity contribution in [3.8, 4) is 0 Å². The molecule has 2 aromatic heterocycles. The van der Waals surface area contributed by atoms with Crippen LogP contribution in [0.4, 0.5) is 5.82 Å². The van der Waals surface area contributed by atoms with Crippen LogP contribution in [-0.4, -0.2) is 66.8 Å². The Bertz CT molecular complexity index is 618. The van der Waals surface area contributed by atoms with E-state index < -0.39 is 24.5 Å². The third-order valence-electron chi connectivity index (χ3n) is 3.39. The number of aliphatic hydroxyl groups excluding tert-OH is 3. The molecule has 0 spiro atoms. The first-order valence-electron chi connectivity index (χ1n) is 6.15. The summed E-state index contributed by atoms with van der Waals surface area (Å²) in [5, 5.41) is 31.8. The van der Waals surface area contributed by atoms with Crippen LogP contribution in [0.3, 0.4) is 0 Å². The third kappa shape index (κ3) is 1.83. The second-order valence-electron chi connectivity index (χ2n) is 4.53. The molecule has 0 radical (unpaired) electrons.